The fourth-order valence-corrected chi connectivity index (χ4v) is 4.61. The first-order valence-electron chi connectivity index (χ1n) is 12.5. The van der Waals surface area contributed by atoms with Crippen molar-refractivity contribution in [3.63, 3.8) is 0 Å². The molecule has 1 saturated heterocycles. The van der Waals surface area contributed by atoms with Crippen LogP contribution in [0.25, 0.3) is 0 Å². The third kappa shape index (κ3) is 6.73. The molecule has 35 heavy (non-hydrogen) atoms. The number of hydrogen-bond acceptors (Lipinski definition) is 6. The molecule has 0 aromatic heterocycles. The lowest BCUT2D eigenvalue weighted by molar-refractivity contribution is -0.135. The van der Waals surface area contributed by atoms with E-state index in [0.29, 0.717) is 62.6 Å². The zero-order chi connectivity index (χ0) is 25.5. The first-order valence-corrected chi connectivity index (χ1v) is 12.5. The van der Waals surface area contributed by atoms with E-state index >= 15 is 0 Å². The maximum atomic E-state index is 13.5. The number of hydrogen-bond donors (Lipinski definition) is 1. The Balaban J connectivity index is 1.90. The van der Waals surface area contributed by atoms with Crippen LogP contribution in [0.5, 0.6) is 5.75 Å². The molecule has 1 fully saturated rings. The van der Waals surface area contributed by atoms with Gasteiger partial charge in [-0.2, -0.15) is 0 Å². The number of nitrogens with one attached hydrogen (secondary N) is 1. The van der Waals surface area contributed by atoms with E-state index in [1.807, 2.05) is 25.7 Å². The van der Waals surface area contributed by atoms with Crippen LogP contribution in [0.1, 0.15) is 50.4 Å². The summed E-state index contributed by atoms with van der Waals surface area (Å²) in [5, 5.41) is 2.95. The van der Waals surface area contributed by atoms with Crippen molar-refractivity contribution in [2.45, 2.75) is 52.2 Å². The van der Waals surface area contributed by atoms with Gasteiger partial charge in [-0.05, 0) is 38.0 Å². The first-order chi connectivity index (χ1) is 16.7. The number of amides is 3. The highest BCUT2D eigenvalue weighted by Gasteiger charge is 2.30. The Labute approximate surface area is 208 Å². The Morgan fingerprint density at radius 2 is 1.89 bits per heavy atom. The molecule has 1 aromatic carbocycles. The van der Waals surface area contributed by atoms with Crippen LogP contribution in [0.3, 0.4) is 0 Å². The van der Waals surface area contributed by atoms with Gasteiger partial charge in [0.1, 0.15) is 12.4 Å². The smallest absolute Gasteiger partial charge is 0.257 e. The molecule has 3 amide bonds. The third-order valence-corrected chi connectivity index (χ3v) is 6.93. The lowest BCUT2D eigenvalue weighted by Crippen LogP contribution is -2.48. The Kier molecular flexibility index (Phi) is 9.51. The summed E-state index contributed by atoms with van der Waals surface area (Å²) in [4.78, 5) is 42.3. The molecule has 0 spiro atoms. The van der Waals surface area contributed by atoms with Gasteiger partial charge in [-0.3, -0.25) is 14.4 Å². The summed E-state index contributed by atoms with van der Waals surface area (Å²) >= 11 is 0. The number of likely N-dealkylation sites (N-methyl/N-ethyl adjacent to an activating group) is 1. The average molecular weight is 490 g/mol. The molecule has 2 aliphatic rings. The van der Waals surface area contributed by atoms with E-state index in [0.717, 1.165) is 0 Å². The second kappa shape index (κ2) is 12.4. The number of nitrogens with zero attached hydrogens (tertiary/aromatic N) is 2. The molecule has 0 aliphatic carbocycles. The molecular formula is C26H39N3O6. The molecule has 2 aliphatic heterocycles. The van der Waals surface area contributed by atoms with E-state index in [1.54, 1.807) is 37.3 Å². The quantitative estimate of drug-likeness (QED) is 0.699. The standard InChI is InChI=1S/C26H39N3O6/c1-6-24(30)29-14-17(2)23(33-5)15-28(4)26(32)21-13-20(7-8-22(21)35-16-18(29)3)27-25(31)19-9-11-34-12-10-19/h7-8,13,17-19,23H,6,9-12,14-16H2,1-5H3,(H,27,31)/t17-,18+,23+/m0/s1. The maximum Gasteiger partial charge on any atom is 0.257 e. The van der Waals surface area contributed by atoms with Crippen LogP contribution < -0.4 is 10.1 Å². The molecule has 2 heterocycles. The molecule has 1 aromatic rings. The van der Waals surface area contributed by atoms with Crippen molar-refractivity contribution >= 4 is 23.4 Å². The highest BCUT2D eigenvalue weighted by Crippen LogP contribution is 2.27. The van der Waals surface area contributed by atoms with Crippen molar-refractivity contribution in [2.75, 3.05) is 52.4 Å². The largest absolute Gasteiger partial charge is 0.491 e. The van der Waals surface area contributed by atoms with Crippen LogP contribution in [0.15, 0.2) is 18.2 Å². The fourth-order valence-electron chi connectivity index (χ4n) is 4.61. The lowest BCUT2D eigenvalue weighted by atomic mass is 9.99. The van der Waals surface area contributed by atoms with Crippen LogP contribution in [-0.4, -0.2) is 86.7 Å². The second-order valence-corrected chi connectivity index (χ2v) is 9.58. The summed E-state index contributed by atoms with van der Waals surface area (Å²) in [7, 11) is 3.35. The number of carbonyl (C=O) groups excluding carboxylic acids is 3. The van der Waals surface area contributed by atoms with Crippen LogP contribution in [-0.2, 0) is 19.1 Å². The number of fused-ring (bicyclic) bond motifs is 1. The van der Waals surface area contributed by atoms with E-state index < -0.39 is 0 Å². The average Bonchev–Trinajstić information content (AvgIpc) is 2.88. The maximum absolute atomic E-state index is 13.5. The predicted octanol–water partition coefficient (Wildman–Crippen LogP) is 2.79. The molecule has 9 heteroatoms. The van der Waals surface area contributed by atoms with Gasteiger partial charge in [0.05, 0.1) is 17.7 Å². The molecule has 0 bridgehead atoms. The van der Waals surface area contributed by atoms with Gasteiger partial charge in [0.2, 0.25) is 11.8 Å². The van der Waals surface area contributed by atoms with E-state index in [9.17, 15) is 14.4 Å². The van der Waals surface area contributed by atoms with Crippen molar-refractivity contribution in [1.29, 1.82) is 0 Å². The normalized spacial score (nSPS) is 24.6. The minimum Gasteiger partial charge on any atom is -0.491 e. The Hall–Kier alpha value is -2.65. The molecule has 3 rings (SSSR count). The van der Waals surface area contributed by atoms with Gasteiger partial charge >= 0.3 is 0 Å². The molecule has 194 valence electrons. The predicted molar refractivity (Wildman–Crippen MR) is 132 cm³/mol. The van der Waals surface area contributed by atoms with Gasteiger partial charge < -0.3 is 29.3 Å². The van der Waals surface area contributed by atoms with Gasteiger partial charge in [-0.1, -0.05) is 13.8 Å². The number of benzene rings is 1. The Morgan fingerprint density at radius 1 is 1.17 bits per heavy atom. The SMILES string of the molecule is CCC(=O)N1C[C@H](C)[C@H](OC)CN(C)C(=O)c2cc(NC(=O)C3CCOCC3)ccc2OC[C@H]1C. The van der Waals surface area contributed by atoms with E-state index in [-0.39, 0.29) is 48.3 Å². The number of carbonyl (C=O) groups is 3. The first kappa shape index (κ1) is 26.9. The van der Waals surface area contributed by atoms with Gasteiger partial charge in [0.15, 0.2) is 0 Å². The summed E-state index contributed by atoms with van der Waals surface area (Å²) in [5.41, 5.74) is 0.908. The van der Waals surface area contributed by atoms with Gasteiger partial charge in [0.25, 0.3) is 5.91 Å². The van der Waals surface area contributed by atoms with Gasteiger partial charge in [-0.25, -0.2) is 0 Å². The second-order valence-electron chi connectivity index (χ2n) is 9.58. The molecular weight excluding hydrogens is 450 g/mol. The highest BCUT2D eigenvalue weighted by atomic mass is 16.5. The van der Waals surface area contributed by atoms with E-state index in [4.69, 9.17) is 14.2 Å². The summed E-state index contributed by atoms with van der Waals surface area (Å²) in [6.07, 6.45) is 1.52. The molecule has 0 saturated carbocycles. The topological polar surface area (TPSA) is 97.4 Å². The number of ether oxygens (including phenoxy) is 3. The van der Waals surface area contributed by atoms with Crippen LogP contribution in [0.4, 0.5) is 5.69 Å². The third-order valence-electron chi connectivity index (χ3n) is 6.93. The zero-order valence-corrected chi connectivity index (χ0v) is 21.5. The Bertz CT molecular complexity index is 901. The van der Waals surface area contributed by atoms with Crippen LogP contribution in [0, 0.1) is 11.8 Å². The molecule has 9 nitrogen and oxygen atoms in total. The summed E-state index contributed by atoms with van der Waals surface area (Å²) in [6, 6.07) is 4.94. The summed E-state index contributed by atoms with van der Waals surface area (Å²) in [6.45, 7) is 8.10. The number of rotatable bonds is 4. The molecule has 0 radical (unpaired) electrons. The minimum absolute atomic E-state index is 0.0113. The molecule has 1 N–H and O–H groups in total. The monoisotopic (exact) mass is 489 g/mol. The number of anilines is 1. The molecule has 0 unspecified atom stereocenters. The van der Waals surface area contributed by atoms with Crippen molar-refractivity contribution in [1.82, 2.24) is 9.80 Å². The fraction of sp³-hybridized carbons (Fsp3) is 0.654. The lowest BCUT2D eigenvalue weighted by Gasteiger charge is -2.36. The van der Waals surface area contributed by atoms with Gasteiger partial charge in [0, 0.05) is 64.4 Å². The summed E-state index contributed by atoms with van der Waals surface area (Å²) in [5.74, 6) is 0.0910. The van der Waals surface area contributed by atoms with Crippen LogP contribution >= 0.6 is 0 Å². The van der Waals surface area contributed by atoms with E-state index in [1.165, 1.54) is 0 Å². The van der Waals surface area contributed by atoms with Crippen molar-refractivity contribution in [2.24, 2.45) is 11.8 Å². The van der Waals surface area contributed by atoms with Crippen molar-refractivity contribution in [3.05, 3.63) is 23.8 Å². The zero-order valence-electron chi connectivity index (χ0n) is 21.5. The van der Waals surface area contributed by atoms with E-state index in [2.05, 4.69) is 5.32 Å². The van der Waals surface area contributed by atoms with Crippen molar-refractivity contribution in [3.8, 4) is 5.75 Å². The Morgan fingerprint density at radius 3 is 2.54 bits per heavy atom. The number of methoxy groups -OCH3 is 1. The van der Waals surface area contributed by atoms with Gasteiger partial charge in [-0.15, -0.1) is 0 Å². The van der Waals surface area contributed by atoms with Crippen LogP contribution in [0.2, 0.25) is 0 Å². The van der Waals surface area contributed by atoms with Crippen molar-refractivity contribution < 1.29 is 28.6 Å². The highest BCUT2D eigenvalue weighted by molar-refractivity contribution is 5.99. The summed E-state index contributed by atoms with van der Waals surface area (Å²) < 4.78 is 17.2. The minimum atomic E-state index is -0.247. The molecule has 3 atom stereocenters.